The Morgan fingerprint density at radius 3 is 2.58 bits per heavy atom. The zero-order valence-corrected chi connectivity index (χ0v) is 18.9. The lowest BCUT2D eigenvalue weighted by Crippen LogP contribution is -2.51. The Hall–Kier alpha value is -1.52. The summed E-state index contributed by atoms with van der Waals surface area (Å²) >= 11 is 0. The number of hydrogen-bond acceptors (Lipinski definition) is 6. The zero-order valence-electron chi connectivity index (χ0n) is 18.0. The molecule has 0 radical (unpaired) electrons. The molecule has 2 aliphatic heterocycles. The number of amides is 1. The average molecular weight is 454 g/mol. The fraction of sp³-hybridized carbons (Fsp3) is 0.682. The number of aliphatic hydroxyl groups is 1. The van der Waals surface area contributed by atoms with Gasteiger partial charge in [0.15, 0.2) is 0 Å². The van der Waals surface area contributed by atoms with Crippen molar-refractivity contribution in [2.24, 2.45) is 0 Å². The largest absolute Gasteiger partial charge is 0.394 e. The standard InChI is InChI=1S/C22H35N3O5S/c26-17-21-20(24-22(27)12-16-25-14-5-2-6-15-25)10-9-18(30-21)11-13-23-31(28,29)19-7-3-1-4-8-19/h1,3-4,7-8,18,20-21,23,26H,2,5-6,9-17H2,(H,24,27)/t18-,20-,21-/m1/s1. The molecule has 8 nitrogen and oxygen atoms in total. The monoisotopic (exact) mass is 453 g/mol. The highest BCUT2D eigenvalue weighted by Gasteiger charge is 2.32. The van der Waals surface area contributed by atoms with Crippen LogP contribution in [0, 0.1) is 0 Å². The van der Waals surface area contributed by atoms with Crippen molar-refractivity contribution in [1.82, 2.24) is 14.9 Å². The summed E-state index contributed by atoms with van der Waals surface area (Å²) in [5.41, 5.74) is 0. The summed E-state index contributed by atoms with van der Waals surface area (Å²) in [6, 6.07) is 8.04. The van der Waals surface area contributed by atoms with Crippen molar-refractivity contribution >= 4 is 15.9 Å². The quantitative estimate of drug-likeness (QED) is 0.492. The first kappa shape index (κ1) is 24.1. The van der Waals surface area contributed by atoms with Crippen molar-refractivity contribution in [2.45, 2.75) is 68.1 Å². The maximum absolute atomic E-state index is 12.4. The van der Waals surface area contributed by atoms with Crippen LogP contribution < -0.4 is 10.0 Å². The predicted molar refractivity (Wildman–Crippen MR) is 118 cm³/mol. The van der Waals surface area contributed by atoms with E-state index in [1.807, 2.05) is 0 Å². The molecule has 31 heavy (non-hydrogen) atoms. The molecule has 2 saturated heterocycles. The van der Waals surface area contributed by atoms with Crippen LogP contribution in [0.5, 0.6) is 0 Å². The van der Waals surface area contributed by atoms with E-state index >= 15 is 0 Å². The second-order valence-corrected chi connectivity index (χ2v) is 10.1. The summed E-state index contributed by atoms with van der Waals surface area (Å²) in [6.45, 7) is 2.98. The maximum Gasteiger partial charge on any atom is 0.240 e. The molecule has 0 aliphatic carbocycles. The summed E-state index contributed by atoms with van der Waals surface area (Å²) in [5.74, 6) is -0.00769. The molecule has 1 amide bonds. The van der Waals surface area contributed by atoms with Gasteiger partial charge in [-0.2, -0.15) is 0 Å². The molecule has 0 saturated carbocycles. The van der Waals surface area contributed by atoms with Crippen LogP contribution >= 0.6 is 0 Å². The van der Waals surface area contributed by atoms with Gasteiger partial charge < -0.3 is 20.1 Å². The van der Waals surface area contributed by atoms with Crippen LogP contribution in [-0.4, -0.2) is 75.4 Å². The van der Waals surface area contributed by atoms with E-state index in [0.29, 0.717) is 25.7 Å². The topological polar surface area (TPSA) is 108 Å². The third kappa shape index (κ3) is 7.54. The van der Waals surface area contributed by atoms with Gasteiger partial charge in [-0.15, -0.1) is 0 Å². The SMILES string of the molecule is O=C(CCN1CCCCC1)N[C@@H]1CC[C@H](CCNS(=O)(=O)c2ccccc2)O[C@@H]1CO. The summed E-state index contributed by atoms with van der Waals surface area (Å²) in [5, 5.41) is 12.8. The molecule has 2 heterocycles. The number of benzene rings is 1. The predicted octanol–water partition coefficient (Wildman–Crippen LogP) is 1.26. The van der Waals surface area contributed by atoms with Crippen molar-refractivity contribution in [1.29, 1.82) is 0 Å². The molecule has 3 N–H and O–H groups in total. The van der Waals surface area contributed by atoms with Crippen LogP contribution in [-0.2, 0) is 19.6 Å². The van der Waals surface area contributed by atoms with Crippen LogP contribution in [0.15, 0.2) is 35.2 Å². The molecule has 0 unspecified atom stereocenters. The van der Waals surface area contributed by atoms with Crippen LogP contribution in [0.2, 0.25) is 0 Å². The van der Waals surface area contributed by atoms with Gasteiger partial charge in [0.1, 0.15) is 6.10 Å². The van der Waals surface area contributed by atoms with Gasteiger partial charge in [0.2, 0.25) is 15.9 Å². The summed E-state index contributed by atoms with van der Waals surface area (Å²) in [7, 11) is -3.54. The van der Waals surface area contributed by atoms with Crippen LogP contribution in [0.1, 0.15) is 44.9 Å². The number of nitrogens with one attached hydrogen (secondary N) is 2. The molecular formula is C22H35N3O5S. The molecule has 2 aliphatic rings. The van der Waals surface area contributed by atoms with E-state index in [1.165, 1.54) is 19.3 Å². The van der Waals surface area contributed by atoms with Crippen molar-refractivity contribution in [3.05, 3.63) is 30.3 Å². The van der Waals surface area contributed by atoms with E-state index in [1.54, 1.807) is 30.3 Å². The highest BCUT2D eigenvalue weighted by Crippen LogP contribution is 2.22. The Morgan fingerprint density at radius 1 is 1.13 bits per heavy atom. The normalized spacial score (nSPS) is 25.3. The number of nitrogens with zero attached hydrogens (tertiary/aromatic N) is 1. The lowest BCUT2D eigenvalue weighted by atomic mass is 9.97. The number of likely N-dealkylation sites (tertiary alicyclic amines) is 1. The van der Waals surface area contributed by atoms with Gasteiger partial charge in [-0.05, 0) is 57.3 Å². The summed E-state index contributed by atoms with van der Waals surface area (Å²) in [6.07, 6.45) is 5.44. The van der Waals surface area contributed by atoms with Gasteiger partial charge in [0.25, 0.3) is 0 Å². The van der Waals surface area contributed by atoms with E-state index in [0.717, 1.165) is 19.6 Å². The van der Waals surface area contributed by atoms with E-state index in [9.17, 15) is 18.3 Å². The molecule has 0 spiro atoms. The fourth-order valence-corrected chi connectivity index (χ4v) is 5.34. The Morgan fingerprint density at radius 2 is 1.87 bits per heavy atom. The zero-order chi connectivity index (χ0) is 22.1. The summed E-state index contributed by atoms with van der Waals surface area (Å²) in [4.78, 5) is 14.9. The molecule has 3 atom stereocenters. The van der Waals surface area contributed by atoms with Gasteiger partial charge in [-0.1, -0.05) is 24.6 Å². The van der Waals surface area contributed by atoms with E-state index in [-0.39, 0.29) is 36.1 Å². The lowest BCUT2D eigenvalue weighted by Gasteiger charge is -2.36. The van der Waals surface area contributed by atoms with E-state index in [2.05, 4.69) is 14.9 Å². The second-order valence-electron chi connectivity index (χ2n) is 8.38. The highest BCUT2D eigenvalue weighted by molar-refractivity contribution is 7.89. The number of hydrogen-bond donors (Lipinski definition) is 3. The molecule has 0 aromatic heterocycles. The van der Waals surface area contributed by atoms with Gasteiger partial charge in [0.05, 0.1) is 23.6 Å². The number of ether oxygens (including phenoxy) is 1. The molecule has 2 fully saturated rings. The Labute approximate surface area is 185 Å². The number of carbonyl (C=O) groups is 1. The minimum absolute atomic E-state index is 0.00769. The van der Waals surface area contributed by atoms with Gasteiger partial charge in [-0.25, -0.2) is 13.1 Å². The molecular weight excluding hydrogens is 418 g/mol. The Bertz CT molecular complexity index is 784. The average Bonchev–Trinajstić information content (AvgIpc) is 2.80. The minimum Gasteiger partial charge on any atom is -0.394 e. The molecule has 0 bridgehead atoms. The van der Waals surface area contributed by atoms with Crippen LogP contribution in [0.4, 0.5) is 0 Å². The maximum atomic E-state index is 12.4. The number of piperidine rings is 1. The molecule has 1 aromatic carbocycles. The van der Waals surface area contributed by atoms with Crippen molar-refractivity contribution in [3.8, 4) is 0 Å². The van der Waals surface area contributed by atoms with Gasteiger partial charge in [0, 0.05) is 19.5 Å². The number of aliphatic hydroxyl groups excluding tert-OH is 1. The van der Waals surface area contributed by atoms with E-state index in [4.69, 9.17) is 4.74 Å². The van der Waals surface area contributed by atoms with Gasteiger partial charge >= 0.3 is 0 Å². The molecule has 1 aromatic rings. The minimum atomic E-state index is -3.54. The lowest BCUT2D eigenvalue weighted by molar-refractivity contribution is -0.128. The first-order chi connectivity index (χ1) is 15.0. The highest BCUT2D eigenvalue weighted by atomic mass is 32.2. The van der Waals surface area contributed by atoms with Crippen molar-refractivity contribution in [3.63, 3.8) is 0 Å². The molecule has 174 valence electrons. The third-order valence-electron chi connectivity index (χ3n) is 6.06. The van der Waals surface area contributed by atoms with Crippen molar-refractivity contribution in [2.75, 3.05) is 32.8 Å². The number of carbonyl (C=O) groups excluding carboxylic acids is 1. The number of rotatable bonds is 10. The van der Waals surface area contributed by atoms with Gasteiger partial charge in [-0.3, -0.25) is 4.79 Å². The van der Waals surface area contributed by atoms with Crippen molar-refractivity contribution < 1.29 is 23.1 Å². The fourth-order valence-electron chi connectivity index (χ4n) is 4.27. The van der Waals surface area contributed by atoms with Crippen LogP contribution in [0.25, 0.3) is 0 Å². The smallest absolute Gasteiger partial charge is 0.240 e. The van der Waals surface area contributed by atoms with E-state index < -0.39 is 16.1 Å². The molecule has 3 rings (SSSR count). The first-order valence-electron chi connectivity index (χ1n) is 11.3. The Balaban J connectivity index is 1.39. The molecule has 9 heteroatoms. The second kappa shape index (κ2) is 11.9. The van der Waals surface area contributed by atoms with Crippen LogP contribution in [0.3, 0.4) is 0 Å². The first-order valence-corrected chi connectivity index (χ1v) is 12.8. The Kier molecular flexibility index (Phi) is 9.28. The number of sulfonamides is 1. The third-order valence-corrected chi connectivity index (χ3v) is 7.53. The summed E-state index contributed by atoms with van der Waals surface area (Å²) < 4.78 is 33.2.